The minimum absolute atomic E-state index is 0.0361. The third-order valence-corrected chi connectivity index (χ3v) is 6.53. The fourth-order valence-corrected chi connectivity index (χ4v) is 4.75. The molecule has 1 aromatic carbocycles. The van der Waals surface area contributed by atoms with Crippen LogP contribution < -0.4 is 15.1 Å². The Bertz CT molecular complexity index is 1280. The first-order valence-electron chi connectivity index (χ1n) is 12.9. The number of amides is 1. The normalized spacial score (nSPS) is 17.3. The van der Waals surface area contributed by atoms with E-state index in [1.54, 1.807) is 30.3 Å². The van der Waals surface area contributed by atoms with Crippen molar-refractivity contribution in [3.63, 3.8) is 0 Å². The van der Waals surface area contributed by atoms with Crippen LogP contribution in [0.15, 0.2) is 30.3 Å². The molecular weight excluding hydrogens is 496 g/mol. The largest absolute Gasteiger partial charge is 0.444 e. The first-order valence-corrected chi connectivity index (χ1v) is 12.9. The summed E-state index contributed by atoms with van der Waals surface area (Å²) in [6.07, 6.45) is -1.86. The number of nitrogens with zero attached hydrogens (tertiary/aromatic N) is 6. The molecule has 12 heteroatoms. The molecule has 2 aliphatic rings. The standard InChI is InChI=1S/C26H33F2N7O3/c1-26(2,3)38-25(36)29-17-8-10-34(11-9-17)24-31-20(33-12-14-37-15-13-33)16-21(32-24)35-19-7-5-4-6-18(19)30-23(35)22(27)28/h4-7,16-17,22H,8-15H2,1-3H3,(H,29,36). The summed E-state index contributed by atoms with van der Waals surface area (Å²) >= 11 is 0. The Morgan fingerprint density at radius 3 is 2.39 bits per heavy atom. The monoisotopic (exact) mass is 529 g/mol. The molecule has 0 aliphatic carbocycles. The second-order valence-electron chi connectivity index (χ2n) is 10.5. The van der Waals surface area contributed by atoms with Crippen LogP contribution in [0, 0.1) is 0 Å². The van der Waals surface area contributed by atoms with E-state index in [-0.39, 0.29) is 11.9 Å². The van der Waals surface area contributed by atoms with Gasteiger partial charge in [-0.1, -0.05) is 12.1 Å². The number of piperidine rings is 1. The number of ether oxygens (including phenoxy) is 2. The molecule has 38 heavy (non-hydrogen) atoms. The number of morpholine rings is 1. The molecule has 0 atom stereocenters. The molecule has 2 aromatic heterocycles. The topological polar surface area (TPSA) is 97.6 Å². The highest BCUT2D eigenvalue weighted by Crippen LogP contribution is 2.30. The highest BCUT2D eigenvalue weighted by molar-refractivity contribution is 5.78. The number of anilines is 2. The predicted octanol–water partition coefficient (Wildman–Crippen LogP) is 4.08. The molecular formula is C26H33F2N7O3. The third-order valence-electron chi connectivity index (χ3n) is 6.53. The molecule has 2 saturated heterocycles. The molecule has 0 radical (unpaired) electrons. The lowest BCUT2D eigenvalue weighted by molar-refractivity contribution is 0.0497. The van der Waals surface area contributed by atoms with Gasteiger partial charge in [-0.15, -0.1) is 0 Å². The Morgan fingerprint density at radius 1 is 1.03 bits per heavy atom. The van der Waals surface area contributed by atoms with Crippen LogP contribution in [0.2, 0.25) is 0 Å². The van der Waals surface area contributed by atoms with Crippen LogP contribution in [0.25, 0.3) is 16.9 Å². The summed E-state index contributed by atoms with van der Waals surface area (Å²) in [6.45, 7) is 9.09. The van der Waals surface area contributed by atoms with E-state index in [9.17, 15) is 13.6 Å². The lowest BCUT2D eigenvalue weighted by Gasteiger charge is -2.34. The van der Waals surface area contributed by atoms with Crippen LogP contribution in [0.4, 0.5) is 25.3 Å². The summed E-state index contributed by atoms with van der Waals surface area (Å²) < 4.78 is 40.5. The summed E-state index contributed by atoms with van der Waals surface area (Å²) in [6, 6.07) is 8.75. The zero-order valence-electron chi connectivity index (χ0n) is 21.9. The second-order valence-corrected chi connectivity index (χ2v) is 10.5. The summed E-state index contributed by atoms with van der Waals surface area (Å²) in [5, 5.41) is 2.94. The summed E-state index contributed by atoms with van der Waals surface area (Å²) in [4.78, 5) is 30.1. The van der Waals surface area contributed by atoms with Crippen molar-refractivity contribution in [3.05, 3.63) is 36.2 Å². The van der Waals surface area contributed by atoms with Gasteiger partial charge >= 0.3 is 6.09 Å². The third kappa shape index (κ3) is 5.79. The van der Waals surface area contributed by atoms with E-state index in [2.05, 4.69) is 15.2 Å². The molecule has 0 bridgehead atoms. The maximum atomic E-state index is 14.1. The fraction of sp³-hybridized carbons (Fsp3) is 0.538. The van der Waals surface area contributed by atoms with Gasteiger partial charge in [-0.25, -0.2) is 18.6 Å². The van der Waals surface area contributed by atoms with E-state index in [4.69, 9.17) is 19.4 Å². The predicted molar refractivity (Wildman–Crippen MR) is 139 cm³/mol. The van der Waals surface area contributed by atoms with E-state index in [1.165, 1.54) is 4.57 Å². The minimum atomic E-state index is -2.78. The fourth-order valence-electron chi connectivity index (χ4n) is 4.75. The zero-order valence-corrected chi connectivity index (χ0v) is 21.9. The second kappa shape index (κ2) is 10.7. The molecule has 1 amide bonds. The number of para-hydroxylation sites is 2. The highest BCUT2D eigenvalue weighted by Gasteiger charge is 2.28. The number of aromatic nitrogens is 4. The Kier molecular flexibility index (Phi) is 7.33. The molecule has 4 heterocycles. The average molecular weight is 530 g/mol. The van der Waals surface area contributed by atoms with Crippen molar-refractivity contribution in [2.24, 2.45) is 0 Å². The van der Waals surface area contributed by atoms with Gasteiger partial charge in [0.15, 0.2) is 5.82 Å². The van der Waals surface area contributed by atoms with Crippen molar-refractivity contribution in [2.45, 2.75) is 51.7 Å². The van der Waals surface area contributed by atoms with Gasteiger partial charge in [0.25, 0.3) is 6.43 Å². The quantitative estimate of drug-likeness (QED) is 0.528. The molecule has 3 aromatic rings. The first-order chi connectivity index (χ1) is 18.2. The molecule has 2 fully saturated rings. The molecule has 10 nitrogen and oxygen atoms in total. The minimum Gasteiger partial charge on any atom is -0.444 e. The number of carbonyl (C=O) groups excluding carboxylic acids is 1. The Hall–Kier alpha value is -3.54. The smallest absolute Gasteiger partial charge is 0.407 e. The lowest BCUT2D eigenvalue weighted by Crippen LogP contribution is -2.46. The molecule has 5 rings (SSSR count). The average Bonchev–Trinajstić information content (AvgIpc) is 3.28. The van der Waals surface area contributed by atoms with Crippen molar-refractivity contribution in [1.29, 1.82) is 0 Å². The maximum Gasteiger partial charge on any atom is 0.407 e. The van der Waals surface area contributed by atoms with Crippen molar-refractivity contribution in [1.82, 2.24) is 24.8 Å². The van der Waals surface area contributed by atoms with Gasteiger partial charge < -0.3 is 24.6 Å². The summed E-state index contributed by atoms with van der Waals surface area (Å²) in [5.41, 5.74) is 0.467. The van der Waals surface area contributed by atoms with Gasteiger partial charge in [0.1, 0.15) is 17.2 Å². The number of rotatable bonds is 5. The number of alkyl carbamates (subject to hydrolysis) is 1. The Morgan fingerprint density at radius 2 is 1.71 bits per heavy atom. The van der Waals surface area contributed by atoms with E-state index >= 15 is 0 Å². The van der Waals surface area contributed by atoms with E-state index in [0.717, 1.165) is 0 Å². The molecule has 0 spiro atoms. The van der Waals surface area contributed by atoms with E-state index in [0.29, 0.717) is 80.9 Å². The van der Waals surface area contributed by atoms with Gasteiger partial charge in [0.2, 0.25) is 5.95 Å². The van der Waals surface area contributed by atoms with Crippen LogP contribution in [-0.4, -0.2) is 76.6 Å². The Labute approximate surface area is 219 Å². The SMILES string of the molecule is CC(C)(C)OC(=O)NC1CCN(c2nc(N3CCOCC3)cc(-n3c(C(F)F)nc4ccccc43)n2)CC1. The van der Waals surface area contributed by atoms with Gasteiger partial charge in [0.05, 0.1) is 24.2 Å². The number of nitrogens with one attached hydrogen (secondary N) is 1. The maximum absolute atomic E-state index is 14.1. The number of benzene rings is 1. The molecule has 0 unspecified atom stereocenters. The number of hydrogen-bond donors (Lipinski definition) is 1. The van der Waals surface area contributed by atoms with Crippen molar-refractivity contribution in [3.8, 4) is 5.82 Å². The number of fused-ring (bicyclic) bond motifs is 1. The van der Waals surface area contributed by atoms with Crippen LogP contribution in [0.1, 0.15) is 45.9 Å². The zero-order chi connectivity index (χ0) is 26.9. The number of carbonyl (C=O) groups is 1. The number of hydrogen-bond acceptors (Lipinski definition) is 8. The molecule has 2 aliphatic heterocycles. The van der Waals surface area contributed by atoms with Crippen LogP contribution in [0.3, 0.4) is 0 Å². The number of halogens is 2. The molecule has 204 valence electrons. The van der Waals surface area contributed by atoms with Crippen molar-refractivity contribution >= 4 is 28.9 Å². The van der Waals surface area contributed by atoms with Crippen LogP contribution in [-0.2, 0) is 9.47 Å². The van der Waals surface area contributed by atoms with Crippen LogP contribution in [0.5, 0.6) is 0 Å². The Balaban J connectivity index is 1.45. The number of alkyl halides is 2. The van der Waals surface area contributed by atoms with Crippen molar-refractivity contribution < 1.29 is 23.0 Å². The summed E-state index contributed by atoms with van der Waals surface area (Å²) in [5.74, 6) is 1.09. The molecule has 0 saturated carbocycles. The van der Waals surface area contributed by atoms with E-state index < -0.39 is 18.1 Å². The number of imidazole rings is 1. The first kappa shape index (κ1) is 26.1. The lowest BCUT2D eigenvalue weighted by atomic mass is 10.1. The van der Waals surface area contributed by atoms with Gasteiger partial charge in [-0.3, -0.25) is 4.57 Å². The van der Waals surface area contributed by atoms with Gasteiger partial charge in [-0.2, -0.15) is 9.97 Å². The van der Waals surface area contributed by atoms with Crippen LogP contribution >= 0.6 is 0 Å². The van der Waals surface area contributed by atoms with Crippen molar-refractivity contribution in [2.75, 3.05) is 49.2 Å². The van der Waals surface area contributed by atoms with Gasteiger partial charge in [0, 0.05) is 38.3 Å². The summed E-state index contributed by atoms with van der Waals surface area (Å²) in [7, 11) is 0. The van der Waals surface area contributed by atoms with E-state index in [1.807, 2.05) is 25.7 Å². The van der Waals surface area contributed by atoms with Gasteiger partial charge in [-0.05, 0) is 45.7 Å². The molecule has 1 N–H and O–H groups in total. The highest BCUT2D eigenvalue weighted by atomic mass is 19.3.